The van der Waals surface area contributed by atoms with E-state index in [1.807, 2.05) is 18.2 Å². The van der Waals surface area contributed by atoms with Gasteiger partial charge >= 0.3 is 5.97 Å². The Labute approximate surface area is 222 Å². The van der Waals surface area contributed by atoms with E-state index in [1.54, 1.807) is 25.4 Å². The highest BCUT2D eigenvalue weighted by atomic mass is 35.5. The molecule has 2 aliphatic carbocycles. The number of hydrogen-bond donors (Lipinski definition) is 2. The summed E-state index contributed by atoms with van der Waals surface area (Å²) in [6, 6.07) is 19.3. The van der Waals surface area contributed by atoms with Gasteiger partial charge in [0.2, 0.25) is 0 Å². The molecule has 2 aliphatic rings. The number of anilines is 1. The van der Waals surface area contributed by atoms with Gasteiger partial charge in [-0.05, 0) is 91.7 Å². The third-order valence-electron chi connectivity index (χ3n) is 8.46. The van der Waals surface area contributed by atoms with Crippen LogP contribution in [0.5, 0.6) is 5.75 Å². The molecular formula is C30H33ClN2O4. The fraction of sp³-hybridized carbons (Fsp3) is 0.400. The molecule has 2 N–H and O–H groups in total. The number of aliphatic carboxylic acids is 1. The zero-order chi connectivity index (χ0) is 26.0. The molecule has 1 atom stereocenters. The van der Waals surface area contributed by atoms with Gasteiger partial charge in [0.15, 0.2) is 0 Å². The predicted molar refractivity (Wildman–Crippen MR) is 146 cm³/mol. The van der Waals surface area contributed by atoms with E-state index in [0.29, 0.717) is 36.1 Å². The van der Waals surface area contributed by atoms with Crippen LogP contribution in [0.1, 0.15) is 49.7 Å². The number of rotatable bonds is 8. The number of ether oxygens (including phenoxy) is 1. The molecular weight excluding hydrogens is 488 g/mol. The molecule has 7 heteroatoms. The Hall–Kier alpha value is -3.25. The summed E-state index contributed by atoms with van der Waals surface area (Å²) in [6.45, 7) is 0.547. The number of carboxylic acids is 1. The van der Waals surface area contributed by atoms with Crippen LogP contribution < -0.4 is 15.6 Å². The first-order chi connectivity index (χ1) is 17.8. The van der Waals surface area contributed by atoms with E-state index in [9.17, 15) is 14.7 Å². The van der Waals surface area contributed by atoms with Crippen molar-refractivity contribution < 1.29 is 14.6 Å². The van der Waals surface area contributed by atoms with Crippen LogP contribution >= 0.6 is 11.6 Å². The standard InChI is InChI=1S/C30H33ClN2O4/c1-33-16-11-25(20-27(33)34)37-17-5-7-22-18-21-6-2-3-10-26(21)29(22)12-14-30(15-13-29,28(35)36)32-24-9-4-8-23(31)19-24/h2-4,6,8-11,16,19-20,22,32H,5,7,12-15,17-18H2,1H3,(H,35,36). The molecule has 1 unspecified atom stereocenters. The Morgan fingerprint density at radius 3 is 2.62 bits per heavy atom. The Bertz CT molecular complexity index is 1340. The molecule has 1 spiro atoms. The minimum Gasteiger partial charge on any atom is -0.493 e. The van der Waals surface area contributed by atoms with Gasteiger partial charge in [-0.15, -0.1) is 0 Å². The SMILES string of the molecule is Cn1ccc(OCCCC2Cc3ccccc3C23CCC(Nc2cccc(Cl)c2)(C(=O)O)CC3)cc1=O. The van der Waals surface area contributed by atoms with Crippen molar-refractivity contribution in [1.82, 2.24) is 4.57 Å². The van der Waals surface area contributed by atoms with Gasteiger partial charge in [-0.3, -0.25) is 4.79 Å². The van der Waals surface area contributed by atoms with E-state index < -0.39 is 11.5 Å². The number of hydrogen-bond acceptors (Lipinski definition) is 4. The predicted octanol–water partition coefficient (Wildman–Crippen LogP) is 5.82. The van der Waals surface area contributed by atoms with Crippen molar-refractivity contribution in [2.75, 3.05) is 11.9 Å². The zero-order valence-corrected chi connectivity index (χ0v) is 21.8. The molecule has 1 saturated carbocycles. The first kappa shape index (κ1) is 25.4. The monoisotopic (exact) mass is 520 g/mol. The molecule has 6 nitrogen and oxygen atoms in total. The first-order valence-electron chi connectivity index (χ1n) is 13.0. The molecule has 0 saturated heterocycles. The van der Waals surface area contributed by atoms with Crippen LogP contribution in [-0.2, 0) is 23.7 Å². The molecule has 1 fully saturated rings. The molecule has 0 bridgehead atoms. The molecule has 1 aromatic heterocycles. The smallest absolute Gasteiger partial charge is 0.329 e. The van der Waals surface area contributed by atoms with Gasteiger partial charge in [-0.1, -0.05) is 41.9 Å². The fourth-order valence-electron chi connectivity index (χ4n) is 6.42. The maximum Gasteiger partial charge on any atom is 0.329 e. The second-order valence-corrected chi connectivity index (χ2v) is 11.0. The molecule has 0 radical (unpaired) electrons. The highest BCUT2D eigenvalue weighted by molar-refractivity contribution is 6.30. The largest absolute Gasteiger partial charge is 0.493 e. The van der Waals surface area contributed by atoms with Gasteiger partial charge in [0.25, 0.3) is 5.56 Å². The van der Waals surface area contributed by atoms with Crippen molar-refractivity contribution in [3.8, 4) is 5.75 Å². The molecule has 37 heavy (non-hydrogen) atoms. The molecule has 3 aromatic rings. The van der Waals surface area contributed by atoms with E-state index >= 15 is 0 Å². The average molecular weight is 521 g/mol. The summed E-state index contributed by atoms with van der Waals surface area (Å²) in [4.78, 5) is 24.4. The molecule has 1 heterocycles. The van der Waals surface area contributed by atoms with Crippen molar-refractivity contribution in [2.45, 2.75) is 55.9 Å². The number of halogens is 1. The van der Waals surface area contributed by atoms with Crippen LogP contribution in [0.3, 0.4) is 0 Å². The van der Waals surface area contributed by atoms with E-state index in [4.69, 9.17) is 16.3 Å². The van der Waals surface area contributed by atoms with Crippen molar-refractivity contribution in [3.05, 3.63) is 93.4 Å². The van der Waals surface area contributed by atoms with Crippen LogP contribution in [0, 0.1) is 5.92 Å². The van der Waals surface area contributed by atoms with Crippen molar-refractivity contribution in [3.63, 3.8) is 0 Å². The molecule has 5 rings (SSSR count). The minimum absolute atomic E-state index is 0.0335. The molecule has 194 valence electrons. The number of aryl methyl sites for hydroxylation is 1. The van der Waals surface area contributed by atoms with Gasteiger partial charge in [0.05, 0.1) is 6.61 Å². The quantitative estimate of drug-likeness (QED) is 0.366. The first-order valence-corrected chi connectivity index (χ1v) is 13.3. The summed E-state index contributed by atoms with van der Waals surface area (Å²) in [5, 5.41) is 14.2. The molecule has 0 aliphatic heterocycles. The topological polar surface area (TPSA) is 80.6 Å². The summed E-state index contributed by atoms with van der Waals surface area (Å²) in [6.07, 6.45) is 7.29. The van der Waals surface area contributed by atoms with Crippen LogP contribution in [0.2, 0.25) is 5.02 Å². The maximum atomic E-state index is 12.6. The molecule has 0 amide bonds. The second kappa shape index (κ2) is 10.3. The highest BCUT2D eigenvalue weighted by Crippen LogP contribution is 2.55. The van der Waals surface area contributed by atoms with Crippen LogP contribution in [0.4, 0.5) is 5.69 Å². The number of fused-ring (bicyclic) bond motifs is 2. The third-order valence-corrected chi connectivity index (χ3v) is 8.69. The second-order valence-electron chi connectivity index (χ2n) is 10.5. The Morgan fingerprint density at radius 2 is 1.89 bits per heavy atom. The lowest BCUT2D eigenvalue weighted by Gasteiger charge is -2.47. The zero-order valence-electron chi connectivity index (χ0n) is 21.1. The third kappa shape index (κ3) is 4.99. The summed E-state index contributed by atoms with van der Waals surface area (Å²) in [7, 11) is 1.72. The number of pyridine rings is 1. The maximum absolute atomic E-state index is 12.6. The summed E-state index contributed by atoms with van der Waals surface area (Å²) < 4.78 is 7.40. The number of benzene rings is 2. The average Bonchev–Trinajstić information content (AvgIpc) is 3.18. The highest BCUT2D eigenvalue weighted by Gasteiger charge is 2.53. The number of nitrogens with one attached hydrogen (secondary N) is 1. The van der Waals surface area contributed by atoms with E-state index in [2.05, 4.69) is 29.6 Å². The van der Waals surface area contributed by atoms with E-state index in [1.165, 1.54) is 21.8 Å². The van der Waals surface area contributed by atoms with Crippen LogP contribution in [0.25, 0.3) is 0 Å². The van der Waals surface area contributed by atoms with Gasteiger partial charge < -0.3 is 19.7 Å². The Balaban J connectivity index is 1.30. The fourth-order valence-corrected chi connectivity index (χ4v) is 6.61. The summed E-state index contributed by atoms with van der Waals surface area (Å²) >= 11 is 6.16. The van der Waals surface area contributed by atoms with E-state index in [0.717, 1.165) is 37.8 Å². The lowest BCUT2D eigenvalue weighted by Crippen LogP contribution is -2.53. The minimum atomic E-state index is -1.01. The van der Waals surface area contributed by atoms with Gasteiger partial charge in [-0.2, -0.15) is 0 Å². The van der Waals surface area contributed by atoms with Gasteiger partial charge in [0, 0.05) is 30.0 Å². The lowest BCUT2D eigenvalue weighted by molar-refractivity contribution is -0.144. The number of nitrogens with zero attached hydrogens (tertiary/aromatic N) is 1. The Kier molecular flexibility index (Phi) is 7.04. The van der Waals surface area contributed by atoms with Crippen LogP contribution in [-0.4, -0.2) is 27.8 Å². The normalized spacial score (nSPS) is 24.5. The van der Waals surface area contributed by atoms with Gasteiger partial charge in [0.1, 0.15) is 11.3 Å². The van der Waals surface area contributed by atoms with Crippen molar-refractivity contribution in [1.29, 1.82) is 0 Å². The lowest BCUT2D eigenvalue weighted by atomic mass is 9.60. The summed E-state index contributed by atoms with van der Waals surface area (Å²) in [5.74, 6) is 0.214. The summed E-state index contributed by atoms with van der Waals surface area (Å²) in [5.41, 5.74) is 2.37. The molecule has 2 aromatic carbocycles. The van der Waals surface area contributed by atoms with Gasteiger partial charge in [-0.25, -0.2) is 4.79 Å². The Morgan fingerprint density at radius 1 is 1.11 bits per heavy atom. The van der Waals surface area contributed by atoms with Crippen molar-refractivity contribution in [2.24, 2.45) is 13.0 Å². The number of aromatic nitrogens is 1. The van der Waals surface area contributed by atoms with Crippen molar-refractivity contribution >= 4 is 23.3 Å². The number of carboxylic acid groups (broad SMARTS) is 1. The van der Waals surface area contributed by atoms with E-state index in [-0.39, 0.29) is 11.0 Å². The number of carbonyl (C=O) groups is 1. The van der Waals surface area contributed by atoms with Crippen LogP contribution in [0.15, 0.2) is 71.7 Å².